The summed E-state index contributed by atoms with van der Waals surface area (Å²) in [7, 11) is 0. The molecule has 1 amide bonds. The summed E-state index contributed by atoms with van der Waals surface area (Å²) in [6.45, 7) is 0.755. The number of ether oxygens (including phenoxy) is 1. The van der Waals surface area contributed by atoms with Crippen LogP contribution in [0.15, 0.2) is 79.0 Å². The lowest BCUT2D eigenvalue weighted by molar-refractivity contribution is -0.119. The second kappa shape index (κ2) is 9.38. The van der Waals surface area contributed by atoms with E-state index < -0.39 is 0 Å². The number of phenolic OH excluding ortho intramolecular Hbond substituents is 1. The summed E-state index contributed by atoms with van der Waals surface area (Å²) in [6, 6.07) is 21.9. The molecule has 0 saturated carbocycles. The average molecular weight is 362 g/mol. The number of hydrogen-bond acceptors (Lipinski definition) is 4. The minimum Gasteiger partial charge on any atom is -0.506 e. The molecule has 0 aliphatic heterocycles. The second-order valence-electron chi connectivity index (χ2n) is 6.05. The van der Waals surface area contributed by atoms with Crippen molar-refractivity contribution in [2.24, 2.45) is 0 Å². The van der Waals surface area contributed by atoms with Gasteiger partial charge in [0.1, 0.15) is 11.5 Å². The molecule has 0 atom stereocenters. The third-order valence-electron chi connectivity index (χ3n) is 4.07. The van der Waals surface area contributed by atoms with Crippen LogP contribution in [0.25, 0.3) is 0 Å². The molecule has 27 heavy (non-hydrogen) atoms. The molecule has 2 aromatic carbocycles. The van der Waals surface area contributed by atoms with Crippen LogP contribution >= 0.6 is 0 Å². The Morgan fingerprint density at radius 1 is 0.963 bits per heavy atom. The molecule has 0 aliphatic carbocycles. The van der Waals surface area contributed by atoms with Gasteiger partial charge < -0.3 is 14.7 Å². The summed E-state index contributed by atoms with van der Waals surface area (Å²) >= 11 is 0. The van der Waals surface area contributed by atoms with Crippen molar-refractivity contribution >= 4 is 11.6 Å². The monoisotopic (exact) mass is 362 g/mol. The molecule has 0 unspecified atom stereocenters. The number of aromatic nitrogens is 1. The first-order valence-electron chi connectivity index (χ1n) is 8.90. The van der Waals surface area contributed by atoms with Gasteiger partial charge in [-0.1, -0.05) is 36.4 Å². The second-order valence-corrected chi connectivity index (χ2v) is 6.05. The molecule has 1 aromatic heterocycles. The van der Waals surface area contributed by atoms with E-state index in [9.17, 15) is 9.90 Å². The van der Waals surface area contributed by atoms with E-state index >= 15 is 0 Å². The number of phenols is 1. The number of rotatable bonds is 8. The minimum absolute atomic E-state index is 0.0716. The van der Waals surface area contributed by atoms with E-state index in [1.165, 1.54) is 0 Å². The highest BCUT2D eigenvalue weighted by molar-refractivity contribution is 5.94. The minimum atomic E-state index is -0.0844. The van der Waals surface area contributed by atoms with Crippen molar-refractivity contribution < 1.29 is 14.6 Å². The number of aromatic hydroxyl groups is 1. The van der Waals surface area contributed by atoms with Gasteiger partial charge in [0.25, 0.3) is 0 Å². The molecule has 1 N–H and O–H groups in total. The topological polar surface area (TPSA) is 62.7 Å². The van der Waals surface area contributed by atoms with Crippen LogP contribution in [0.1, 0.15) is 18.5 Å². The number of para-hydroxylation sites is 3. The van der Waals surface area contributed by atoms with E-state index in [4.69, 9.17) is 4.74 Å². The third kappa shape index (κ3) is 5.31. The van der Waals surface area contributed by atoms with E-state index in [1.54, 1.807) is 35.4 Å². The van der Waals surface area contributed by atoms with Crippen molar-refractivity contribution in [1.82, 2.24) is 4.98 Å². The average Bonchev–Trinajstić information content (AvgIpc) is 2.71. The number of nitrogens with zero attached hydrogens (tertiary/aromatic N) is 2. The number of pyridine rings is 1. The number of anilines is 1. The van der Waals surface area contributed by atoms with Gasteiger partial charge in [-0.15, -0.1) is 0 Å². The van der Waals surface area contributed by atoms with Crippen LogP contribution in [0.2, 0.25) is 0 Å². The lowest BCUT2D eigenvalue weighted by atomic mass is 10.2. The van der Waals surface area contributed by atoms with Crippen LogP contribution in [0, 0.1) is 0 Å². The SMILES string of the molecule is O=C(CCCOc1ccccc1)N(Cc1ccccn1)c1ccccc1O. The fourth-order valence-corrected chi connectivity index (χ4v) is 2.72. The Morgan fingerprint density at radius 2 is 1.70 bits per heavy atom. The first-order valence-corrected chi connectivity index (χ1v) is 8.90. The van der Waals surface area contributed by atoms with Gasteiger partial charge in [-0.3, -0.25) is 9.78 Å². The highest BCUT2D eigenvalue weighted by atomic mass is 16.5. The summed E-state index contributed by atoms with van der Waals surface area (Å²) in [5.41, 5.74) is 1.24. The van der Waals surface area contributed by atoms with Crippen LogP contribution in [0.3, 0.4) is 0 Å². The molecular formula is C22H22N2O3. The zero-order valence-corrected chi connectivity index (χ0v) is 15.0. The molecule has 0 fully saturated rings. The van der Waals surface area contributed by atoms with Crippen LogP contribution < -0.4 is 9.64 Å². The van der Waals surface area contributed by atoms with Crippen LogP contribution in [-0.2, 0) is 11.3 Å². The normalized spacial score (nSPS) is 10.4. The predicted octanol–water partition coefficient (Wildman–Crippen LogP) is 4.18. The largest absolute Gasteiger partial charge is 0.506 e. The van der Waals surface area contributed by atoms with Gasteiger partial charge in [0.05, 0.1) is 24.5 Å². The lowest BCUT2D eigenvalue weighted by Gasteiger charge is -2.23. The molecule has 5 nitrogen and oxygen atoms in total. The number of benzene rings is 2. The third-order valence-corrected chi connectivity index (χ3v) is 4.07. The van der Waals surface area contributed by atoms with Gasteiger partial charge in [-0.25, -0.2) is 0 Å². The molecule has 0 radical (unpaired) electrons. The number of hydrogen-bond donors (Lipinski definition) is 1. The van der Waals surface area contributed by atoms with Crippen molar-refractivity contribution in [1.29, 1.82) is 0 Å². The number of amides is 1. The zero-order valence-electron chi connectivity index (χ0n) is 15.0. The Kier molecular flexibility index (Phi) is 6.41. The lowest BCUT2D eigenvalue weighted by Crippen LogP contribution is -2.31. The number of carbonyl (C=O) groups is 1. The van der Waals surface area contributed by atoms with Gasteiger partial charge in [0, 0.05) is 12.6 Å². The van der Waals surface area contributed by atoms with E-state index in [2.05, 4.69) is 4.98 Å². The van der Waals surface area contributed by atoms with Gasteiger partial charge in [-0.2, -0.15) is 0 Å². The van der Waals surface area contributed by atoms with Gasteiger partial charge >= 0.3 is 0 Å². The molecule has 5 heteroatoms. The molecule has 0 saturated heterocycles. The van der Waals surface area contributed by atoms with Crippen molar-refractivity contribution in [3.8, 4) is 11.5 Å². The first kappa shape index (κ1) is 18.5. The van der Waals surface area contributed by atoms with Gasteiger partial charge in [-0.05, 0) is 42.8 Å². The molecule has 138 valence electrons. The molecule has 3 aromatic rings. The fraction of sp³-hybridized carbons (Fsp3) is 0.182. The van der Waals surface area contributed by atoms with Crippen LogP contribution in [-0.4, -0.2) is 22.6 Å². The number of carbonyl (C=O) groups excluding carboxylic acids is 1. The summed E-state index contributed by atoms with van der Waals surface area (Å²) in [5.74, 6) is 0.775. The van der Waals surface area contributed by atoms with Gasteiger partial charge in [0.15, 0.2) is 0 Å². The molecule has 1 heterocycles. The maximum absolute atomic E-state index is 12.8. The molecule has 0 bridgehead atoms. The summed E-state index contributed by atoms with van der Waals surface area (Å²) in [6.07, 6.45) is 2.59. The van der Waals surface area contributed by atoms with Crippen LogP contribution in [0.5, 0.6) is 11.5 Å². The zero-order chi connectivity index (χ0) is 18.9. The Hall–Kier alpha value is -3.34. The molecule has 0 spiro atoms. The molecular weight excluding hydrogens is 340 g/mol. The fourth-order valence-electron chi connectivity index (χ4n) is 2.72. The Bertz CT molecular complexity index is 854. The maximum Gasteiger partial charge on any atom is 0.227 e. The smallest absolute Gasteiger partial charge is 0.227 e. The van der Waals surface area contributed by atoms with Gasteiger partial charge in [0.2, 0.25) is 5.91 Å². The Balaban J connectivity index is 1.64. The maximum atomic E-state index is 12.8. The van der Waals surface area contributed by atoms with Crippen molar-refractivity contribution in [3.63, 3.8) is 0 Å². The van der Waals surface area contributed by atoms with Crippen molar-refractivity contribution in [2.75, 3.05) is 11.5 Å². The summed E-state index contributed by atoms with van der Waals surface area (Å²) in [5, 5.41) is 10.2. The predicted molar refractivity (Wildman–Crippen MR) is 105 cm³/mol. The quantitative estimate of drug-likeness (QED) is 0.611. The van der Waals surface area contributed by atoms with E-state index in [1.807, 2.05) is 48.5 Å². The first-order chi connectivity index (χ1) is 13.2. The highest BCUT2D eigenvalue weighted by Gasteiger charge is 2.19. The summed E-state index contributed by atoms with van der Waals surface area (Å²) in [4.78, 5) is 18.7. The van der Waals surface area contributed by atoms with Crippen molar-refractivity contribution in [2.45, 2.75) is 19.4 Å². The van der Waals surface area contributed by atoms with E-state index in [0.29, 0.717) is 31.7 Å². The van der Waals surface area contributed by atoms with Crippen molar-refractivity contribution in [3.05, 3.63) is 84.7 Å². The molecule has 3 rings (SSSR count). The standard InChI is InChI=1S/C22H22N2O3/c25-21-13-5-4-12-20(21)24(17-18-9-6-7-15-23-18)22(26)14-8-16-27-19-10-2-1-3-11-19/h1-7,9-13,15,25H,8,14,16-17H2. The van der Waals surface area contributed by atoms with E-state index in [0.717, 1.165) is 11.4 Å². The Labute approximate surface area is 158 Å². The van der Waals surface area contributed by atoms with Crippen LogP contribution in [0.4, 0.5) is 5.69 Å². The Morgan fingerprint density at radius 3 is 2.44 bits per heavy atom. The molecule has 0 aliphatic rings. The van der Waals surface area contributed by atoms with E-state index in [-0.39, 0.29) is 11.7 Å². The highest BCUT2D eigenvalue weighted by Crippen LogP contribution is 2.28. The summed E-state index contributed by atoms with van der Waals surface area (Å²) < 4.78 is 5.65.